The molecule has 0 spiro atoms. The average Bonchev–Trinajstić information content (AvgIpc) is 3.35. The monoisotopic (exact) mass is 433 g/mol. The second kappa shape index (κ2) is 6.92. The highest BCUT2D eigenvalue weighted by molar-refractivity contribution is 7.93. The standard InChI is InChI=1S/C22H19N5O3S/c1-12(2)20-24-21(26-25-20)13-6-3-4-9-16(13)27-31(29,30)18-11-10-17-19-14(18)7-5-8-15(19)22(28)23-17/h3-12,27H,1-2H3,(H,23,28)(H,24,25,26). The van der Waals surface area contributed by atoms with Gasteiger partial charge in [0.2, 0.25) is 0 Å². The SMILES string of the molecule is CC(C)c1nc(-c2ccccc2NS(=O)(=O)c2ccc3c4c(cccc24)C(=O)N3)n[nH]1. The summed E-state index contributed by atoms with van der Waals surface area (Å²) in [5, 5.41) is 11.0. The molecule has 5 rings (SSSR count). The molecule has 31 heavy (non-hydrogen) atoms. The maximum absolute atomic E-state index is 13.4. The summed E-state index contributed by atoms with van der Waals surface area (Å²) in [5.74, 6) is 1.06. The Hall–Kier alpha value is -3.72. The van der Waals surface area contributed by atoms with Crippen molar-refractivity contribution < 1.29 is 13.2 Å². The normalized spacial score (nSPS) is 13.1. The Morgan fingerprint density at radius 3 is 2.52 bits per heavy atom. The summed E-state index contributed by atoms with van der Waals surface area (Å²) < 4.78 is 29.4. The van der Waals surface area contributed by atoms with Crippen molar-refractivity contribution in [3.63, 3.8) is 0 Å². The van der Waals surface area contributed by atoms with E-state index in [1.807, 2.05) is 13.8 Å². The quantitative estimate of drug-likeness (QED) is 0.438. The number of anilines is 2. The van der Waals surface area contributed by atoms with Gasteiger partial charge in [-0.1, -0.05) is 38.1 Å². The third-order valence-corrected chi connectivity index (χ3v) is 6.67. The van der Waals surface area contributed by atoms with Crippen molar-refractivity contribution in [2.45, 2.75) is 24.7 Å². The Labute approximate surface area is 178 Å². The van der Waals surface area contributed by atoms with Gasteiger partial charge in [0, 0.05) is 33.5 Å². The van der Waals surface area contributed by atoms with Gasteiger partial charge in [-0.3, -0.25) is 14.6 Å². The number of hydrogen-bond acceptors (Lipinski definition) is 5. The van der Waals surface area contributed by atoms with Gasteiger partial charge in [0.05, 0.1) is 10.6 Å². The lowest BCUT2D eigenvalue weighted by Gasteiger charge is -2.13. The molecule has 0 saturated carbocycles. The number of amides is 1. The highest BCUT2D eigenvalue weighted by Crippen LogP contribution is 2.37. The van der Waals surface area contributed by atoms with Crippen LogP contribution in [0.25, 0.3) is 22.2 Å². The van der Waals surface area contributed by atoms with Crippen LogP contribution >= 0.6 is 0 Å². The molecule has 0 radical (unpaired) electrons. The lowest BCUT2D eigenvalue weighted by Crippen LogP contribution is -2.14. The van der Waals surface area contributed by atoms with E-state index in [2.05, 4.69) is 25.2 Å². The molecule has 0 unspecified atom stereocenters. The van der Waals surface area contributed by atoms with Gasteiger partial charge in [0.25, 0.3) is 15.9 Å². The number of para-hydroxylation sites is 1. The zero-order valence-electron chi connectivity index (χ0n) is 16.8. The smallest absolute Gasteiger partial charge is 0.262 e. The van der Waals surface area contributed by atoms with Gasteiger partial charge in [0.1, 0.15) is 5.82 Å². The van der Waals surface area contributed by atoms with Crippen LogP contribution in [0.2, 0.25) is 0 Å². The van der Waals surface area contributed by atoms with E-state index < -0.39 is 10.0 Å². The third-order valence-electron chi connectivity index (χ3n) is 5.24. The molecule has 0 aliphatic carbocycles. The number of sulfonamides is 1. The molecule has 0 atom stereocenters. The number of benzene rings is 3. The number of nitrogens with zero attached hydrogens (tertiary/aromatic N) is 2. The zero-order chi connectivity index (χ0) is 21.8. The lowest BCUT2D eigenvalue weighted by molar-refractivity contribution is 0.103. The number of hydrogen-bond donors (Lipinski definition) is 3. The maximum atomic E-state index is 13.4. The van der Waals surface area contributed by atoms with Crippen molar-refractivity contribution in [2.24, 2.45) is 0 Å². The highest BCUT2D eigenvalue weighted by Gasteiger charge is 2.27. The number of aromatic nitrogens is 3. The van der Waals surface area contributed by atoms with E-state index in [4.69, 9.17) is 0 Å². The molecule has 1 amide bonds. The minimum absolute atomic E-state index is 0.0947. The fraction of sp³-hybridized carbons (Fsp3) is 0.136. The molecule has 1 aromatic heterocycles. The van der Waals surface area contributed by atoms with E-state index in [-0.39, 0.29) is 16.7 Å². The number of H-pyrrole nitrogens is 1. The molecule has 1 aliphatic heterocycles. The van der Waals surface area contributed by atoms with Crippen LogP contribution in [-0.4, -0.2) is 29.5 Å². The molecule has 2 heterocycles. The van der Waals surface area contributed by atoms with Crippen molar-refractivity contribution >= 4 is 38.1 Å². The maximum Gasteiger partial charge on any atom is 0.262 e. The molecule has 156 valence electrons. The largest absolute Gasteiger partial charge is 0.321 e. The van der Waals surface area contributed by atoms with Crippen LogP contribution in [0.1, 0.15) is 35.9 Å². The Bertz CT molecular complexity index is 1460. The van der Waals surface area contributed by atoms with Gasteiger partial charge >= 0.3 is 0 Å². The van der Waals surface area contributed by atoms with Crippen molar-refractivity contribution in [2.75, 3.05) is 10.0 Å². The number of rotatable bonds is 5. The summed E-state index contributed by atoms with van der Waals surface area (Å²) in [6, 6.07) is 15.2. The van der Waals surface area contributed by atoms with E-state index in [0.29, 0.717) is 39.1 Å². The second-order valence-corrected chi connectivity index (χ2v) is 9.29. The predicted molar refractivity (Wildman–Crippen MR) is 119 cm³/mol. The molecular weight excluding hydrogens is 414 g/mol. The Morgan fingerprint density at radius 2 is 1.74 bits per heavy atom. The van der Waals surface area contributed by atoms with Crippen LogP contribution in [0, 0.1) is 0 Å². The van der Waals surface area contributed by atoms with Crippen molar-refractivity contribution in [1.29, 1.82) is 0 Å². The van der Waals surface area contributed by atoms with Crippen LogP contribution in [-0.2, 0) is 10.0 Å². The van der Waals surface area contributed by atoms with Gasteiger partial charge < -0.3 is 5.32 Å². The zero-order valence-corrected chi connectivity index (χ0v) is 17.6. The van der Waals surface area contributed by atoms with Gasteiger partial charge in [-0.25, -0.2) is 13.4 Å². The van der Waals surface area contributed by atoms with Gasteiger partial charge in [-0.2, -0.15) is 5.10 Å². The first-order valence-corrected chi connectivity index (χ1v) is 11.2. The van der Waals surface area contributed by atoms with Crippen LogP contribution in [0.3, 0.4) is 0 Å². The molecule has 0 fully saturated rings. The topological polar surface area (TPSA) is 117 Å². The first-order chi connectivity index (χ1) is 14.8. The summed E-state index contributed by atoms with van der Waals surface area (Å²) in [6.07, 6.45) is 0. The lowest BCUT2D eigenvalue weighted by atomic mass is 10.1. The summed E-state index contributed by atoms with van der Waals surface area (Å²) in [5.41, 5.74) is 2.01. The Kier molecular flexibility index (Phi) is 4.30. The van der Waals surface area contributed by atoms with E-state index >= 15 is 0 Å². The molecule has 0 saturated heterocycles. The summed E-state index contributed by atoms with van der Waals surface area (Å²) in [4.78, 5) is 16.7. The number of nitrogens with one attached hydrogen (secondary N) is 3. The number of carbonyl (C=O) groups is 1. The van der Waals surface area contributed by atoms with Crippen molar-refractivity contribution in [3.8, 4) is 11.4 Å². The third kappa shape index (κ3) is 3.14. The Morgan fingerprint density at radius 1 is 0.968 bits per heavy atom. The molecular formula is C22H19N5O3S. The van der Waals surface area contributed by atoms with Crippen LogP contribution in [0.4, 0.5) is 11.4 Å². The molecule has 1 aliphatic rings. The summed E-state index contributed by atoms with van der Waals surface area (Å²) in [7, 11) is -3.96. The van der Waals surface area contributed by atoms with Crippen LogP contribution < -0.4 is 10.0 Å². The predicted octanol–water partition coefficient (Wildman–Crippen LogP) is 4.11. The summed E-state index contributed by atoms with van der Waals surface area (Å²) >= 11 is 0. The van der Waals surface area contributed by atoms with Gasteiger partial charge in [0.15, 0.2) is 5.82 Å². The molecule has 0 bridgehead atoms. The summed E-state index contributed by atoms with van der Waals surface area (Å²) in [6.45, 7) is 3.99. The van der Waals surface area contributed by atoms with Crippen LogP contribution in [0.5, 0.6) is 0 Å². The molecule has 9 heteroatoms. The number of aromatic amines is 1. The Balaban J connectivity index is 1.59. The fourth-order valence-electron chi connectivity index (χ4n) is 3.72. The van der Waals surface area contributed by atoms with Crippen molar-refractivity contribution in [3.05, 3.63) is 66.0 Å². The first-order valence-electron chi connectivity index (χ1n) is 9.77. The second-order valence-electron chi connectivity index (χ2n) is 7.64. The molecule has 8 nitrogen and oxygen atoms in total. The van der Waals surface area contributed by atoms with Gasteiger partial charge in [-0.15, -0.1) is 0 Å². The molecule has 3 N–H and O–H groups in total. The van der Waals surface area contributed by atoms with E-state index in [1.165, 1.54) is 6.07 Å². The van der Waals surface area contributed by atoms with E-state index in [1.54, 1.807) is 48.5 Å². The van der Waals surface area contributed by atoms with Crippen LogP contribution in [0.15, 0.2) is 59.5 Å². The van der Waals surface area contributed by atoms with E-state index in [0.717, 1.165) is 5.82 Å². The molecule has 3 aromatic carbocycles. The number of carbonyl (C=O) groups excluding carboxylic acids is 1. The molecule has 4 aromatic rings. The van der Waals surface area contributed by atoms with Gasteiger partial charge in [-0.05, 0) is 30.3 Å². The fourth-order valence-corrected chi connectivity index (χ4v) is 5.00. The van der Waals surface area contributed by atoms with E-state index in [9.17, 15) is 13.2 Å². The average molecular weight is 433 g/mol. The minimum atomic E-state index is -3.96. The van der Waals surface area contributed by atoms with Crippen molar-refractivity contribution in [1.82, 2.24) is 15.2 Å². The minimum Gasteiger partial charge on any atom is -0.321 e. The first kappa shape index (κ1) is 19.3. The highest BCUT2D eigenvalue weighted by atomic mass is 32.2.